The Morgan fingerprint density at radius 1 is 1.24 bits per heavy atom. The summed E-state index contributed by atoms with van der Waals surface area (Å²) in [6.07, 6.45) is 5.98. The standard InChI is InChI=1S/C16H30N2O3/c1-21-12-7-16(14-19)6-4-8-17(13-16)11-5-15(20)18-9-2-3-10-18/h19H,2-14H2,1H3/t16-/m0/s1. The lowest BCUT2D eigenvalue weighted by atomic mass is 9.78. The first kappa shape index (κ1) is 16.7. The predicted molar refractivity (Wildman–Crippen MR) is 82.1 cm³/mol. The van der Waals surface area contributed by atoms with Gasteiger partial charge in [-0.3, -0.25) is 4.79 Å². The van der Waals surface area contributed by atoms with Gasteiger partial charge in [0.1, 0.15) is 0 Å². The number of hydrogen-bond acceptors (Lipinski definition) is 4. The Kier molecular flexibility index (Phi) is 6.45. The van der Waals surface area contributed by atoms with E-state index in [2.05, 4.69) is 4.90 Å². The molecule has 0 unspecified atom stereocenters. The summed E-state index contributed by atoms with van der Waals surface area (Å²) in [7, 11) is 1.71. The third-order valence-electron chi connectivity index (χ3n) is 5.01. The minimum absolute atomic E-state index is 0.0368. The molecular formula is C16H30N2O3. The number of aliphatic hydroxyl groups is 1. The van der Waals surface area contributed by atoms with Crippen molar-refractivity contribution in [2.75, 3.05) is 53.0 Å². The van der Waals surface area contributed by atoms with Gasteiger partial charge in [-0.05, 0) is 38.6 Å². The average molecular weight is 298 g/mol. The minimum Gasteiger partial charge on any atom is -0.396 e. The van der Waals surface area contributed by atoms with Gasteiger partial charge in [0.25, 0.3) is 0 Å². The SMILES string of the molecule is COCC[C@@]1(CO)CCCN(CCC(=O)N2CCCC2)C1. The molecule has 0 aromatic carbocycles. The van der Waals surface area contributed by atoms with Crippen LogP contribution in [0.2, 0.25) is 0 Å². The zero-order valence-electron chi connectivity index (χ0n) is 13.4. The highest BCUT2D eigenvalue weighted by Crippen LogP contribution is 2.33. The van der Waals surface area contributed by atoms with E-state index in [0.29, 0.717) is 18.9 Å². The molecule has 2 aliphatic heterocycles. The molecule has 0 aromatic heterocycles. The molecule has 2 saturated heterocycles. The zero-order valence-corrected chi connectivity index (χ0v) is 13.4. The number of ether oxygens (including phenoxy) is 1. The van der Waals surface area contributed by atoms with Crippen LogP contribution in [0.3, 0.4) is 0 Å². The number of piperidine rings is 1. The summed E-state index contributed by atoms with van der Waals surface area (Å²) in [5.41, 5.74) is -0.0368. The fraction of sp³-hybridized carbons (Fsp3) is 0.938. The average Bonchev–Trinajstić information content (AvgIpc) is 3.05. The molecule has 2 fully saturated rings. The Bertz CT molecular complexity index is 331. The highest BCUT2D eigenvalue weighted by atomic mass is 16.5. The summed E-state index contributed by atoms with van der Waals surface area (Å²) in [5, 5.41) is 9.78. The smallest absolute Gasteiger partial charge is 0.223 e. The Balaban J connectivity index is 1.78. The second-order valence-electron chi connectivity index (χ2n) is 6.62. The molecule has 0 bridgehead atoms. The highest BCUT2D eigenvalue weighted by Gasteiger charge is 2.34. The Morgan fingerprint density at radius 2 is 2.00 bits per heavy atom. The second kappa shape index (κ2) is 8.11. The summed E-state index contributed by atoms with van der Waals surface area (Å²) in [4.78, 5) is 16.5. The van der Waals surface area contributed by atoms with E-state index >= 15 is 0 Å². The van der Waals surface area contributed by atoms with E-state index in [9.17, 15) is 9.90 Å². The largest absolute Gasteiger partial charge is 0.396 e. The van der Waals surface area contributed by atoms with Crippen LogP contribution in [-0.2, 0) is 9.53 Å². The first-order valence-electron chi connectivity index (χ1n) is 8.29. The van der Waals surface area contributed by atoms with Crippen molar-refractivity contribution in [3.8, 4) is 0 Å². The molecule has 0 aliphatic carbocycles. The Hall–Kier alpha value is -0.650. The van der Waals surface area contributed by atoms with Crippen LogP contribution in [0, 0.1) is 5.41 Å². The predicted octanol–water partition coefficient (Wildman–Crippen LogP) is 1.11. The van der Waals surface area contributed by atoms with Crippen molar-refractivity contribution in [1.82, 2.24) is 9.80 Å². The van der Waals surface area contributed by atoms with Crippen LogP contribution >= 0.6 is 0 Å². The first-order valence-corrected chi connectivity index (χ1v) is 8.29. The lowest BCUT2D eigenvalue weighted by Crippen LogP contribution is -2.47. The fourth-order valence-corrected chi connectivity index (χ4v) is 3.61. The highest BCUT2D eigenvalue weighted by molar-refractivity contribution is 5.76. The number of amides is 1. The minimum atomic E-state index is -0.0368. The van der Waals surface area contributed by atoms with E-state index in [1.54, 1.807) is 7.11 Å². The van der Waals surface area contributed by atoms with E-state index in [1.165, 1.54) is 0 Å². The van der Waals surface area contributed by atoms with Gasteiger partial charge in [0.05, 0.1) is 6.61 Å². The van der Waals surface area contributed by atoms with Gasteiger partial charge in [0.2, 0.25) is 5.91 Å². The first-order chi connectivity index (χ1) is 10.2. The quantitative estimate of drug-likeness (QED) is 0.765. The summed E-state index contributed by atoms with van der Waals surface area (Å²) in [6.45, 7) is 5.54. The van der Waals surface area contributed by atoms with Crippen LogP contribution in [0.5, 0.6) is 0 Å². The molecule has 0 aromatic rings. The molecule has 0 saturated carbocycles. The number of likely N-dealkylation sites (tertiary alicyclic amines) is 2. The summed E-state index contributed by atoms with van der Waals surface area (Å²) >= 11 is 0. The number of methoxy groups -OCH3 is 1. The van der Waals surface area contributed by atoms with E-state index < -0.39 is 0 Å². The summed E-state index contributed by atoms with van der Waals surface area (Å²) in [6, 6.07) is 0. The van der Waals surface area contributed by atoms with Crippen LogP contribution in [0.15, 0.2) is 0 Å². The molecule has 21 heavy (non-hydrogen) atoms. The van der Waals surface area contributed by atoms with Gasteiger partial charge in [-0.15, -0.1) is 0 Å². The zero-order chi connectivity index (χ0) is 15.1. The van der Waals surface area contributed by atoms with Gasteiger partial charge >= 0.3 is 0 Å². The van der Waals surface area contributed by atoms with Gasteiger partial charge < -0.3 is 19.6 Å². The number of aliphatic hydroxyl groups excluding tert-OH is 1. The molecule has 0 spiro atoms. The number of carbonyl (C=O) groups is 1. The van der Waals surface area contributed by atoms with Crippen molar-refractivity contribution < 1.29 is 14.6 Å². The van der Waals surface area contributed by atoms with Crippen molar-refractivity contribution in [3.05, 3.63) is 0 Å². The number of nitrogens with zero attached hydrogens (tertiary/aromatic N) is 2. The molecule has 1 amide bonds. The summed E-state index contributed by atoms with van der Waals surface area (Å²) in [5.74, 6) is 0.296. The molecule has 5 heteroatoms. The molecule has 122 valence electrons. The van der Waals surface area contributed by atoms with Crippen LogP contribution < -0.4 is 0 Å². The molecule has 1 atom stereocenters. The summed E-state index contributed by atoms with van der Waals surface area (Å²) < 4.78 is 5.18. The molecular weight excluding hydrogens is 268 g/mol. The van der Waals surface area contributed by atoms with Crippen molar-refractivity contribution >= 4 is 5.91 Å². The van der Waals surface area contributed by atoms with E-state index in [4.69, 9.17) is 4.74 Å². The maximum Gasteiger partial charge on any atom is 0.223 e. The molecule has 5 nitrogen and oxygen atoms in total. The number of hydrogen-bond donors (Lipinski definition) is 1. The maximum absolute atomic E-state index is 12.1. The molecule has 2 rings (SSSR count). The Labute approximate surface area is 128 Å². The molecule has 2 heterocycles. The van der Waals surface area contributed by atoms with Crippen molar-refractivity contribution in [1.29, 1.82) is 0 Å². The van der Waals surface area contributed by atoms with Crippen LogP contribution in [-0.4, -0.2) is 73.9 Å². The lowest BCUT2D eigenvalue weighted by Gasteiger charge is -2.42. The van der Waals surface area contributed by atoms with Gasteiger partial charge in [-0.2, -0.15) is 0 Å². The van der Waals surface area contributed by atoms with Gasteiger partial charge in [-0.25, -0.2) is 0 Å². The fourth-order valence-electron chi connectivity index (χ4n) is 3.61. The monoisotopic (exact) mass is 298 g/mol. The van der Waals surface area contributed by atoms with Crippen molar-refractivity contribution in [2.24, 2.45) is 5.41 Å². The van der Waals surface area contributed by atoms with Gasteiger partial charge in [0, 0.05) is 51.7 Å². The van der Waals surface area contributed by atoms with Crippen LogP contribution in [0.4, 0.5) is 0 Å². The van der Waals surface area contributed by atoms with Crippen molar-refractivity contribution in [3.63, 3.8) is 0 Å². The third-order valence-corrected chi connectivity index (χ3v) is 5.01. The number of carbonyl (C=O) groups excluding carboxylic acids is 1. The normalized spacial score (nSPS) is 27.2. The van der Waals surface area contributed by atoms with Crippen LogP contribution in [0.25, 0.3) is 0 Å². The van der Waals surface area contributed by atoms with Crippen LogP contribution in [0.1, 0.15) is 38.5 Å². The van der Waals surface area contributed by atoms with Gasteiger partial charge in [0.15, 0.2) is 0 Å². The second-order valence-corrected chi connectivity index (χ2v) is 6.62. The van der Waals surface area contributed by atoms with Crippen molar-refractivity contribution in [2.45, 2.75) is 38.5 Å². The van der Waals surface area contributed by atoms with E-state index in [1.807, 2.05) is 4.90 Å². The lowest BCUT2D eigenvalue weighted by molar-refractivity contribution is -0.130. The molecule has 2 aliphatic rings. The molecule has 1 N–H and O–H groups in total. The Morgan fingerprint density at radius 3 is 2.67 bits per heavy atom. The third kappa shape index (κ3) is 4.66. The van der Waals surface area contributed by atoms with E-state index in [0.717, 1.165) is 64.8 Å². The molecule has 0 radical (unpaired) electrons. The topological polar surface area (TPSA) is 53.0 Å². The number of rotatable bonds is 7. The van der Waals surface area contributed by atoms with E-state index in [-0.39, 0.29) is 12.0 Å². The van der Waals surface area contributed by atoms with Gasteiger partial charge in [-0.1, -0.05) is 0 Å². The maximum atomic E-state index is 12.1.